The second-order valence-electron chi connectivity index (χ2n) is 5.76. The lowest BCUT2D eigenvalue weighted by atomic mass is 10.1. The van der Waals surface area contributed by atoms with E-state index in [0.29, 0.717) is 0 Å². The summed E-state index contributed by atoms with van der Waals surface area (Å²) in [5.41, 5.74) is 5.13. The molecular weight excluding hydrogens is 256 g/mol. The summed E-state index contributed by atoms with van der Waals surface area (Å²) in [7, 11) is 0. The molecule has 1 aliphatic heterocycles. The van der Waals surface area contributed by atoms with E-state index in [0.717, 1.165) is 13.0 Å². The highest BCUT2D eigenvalue weighted by Gasteiger charge is 2.29. The van der Waals surface area contributed by atoms with E-state index in [1.807, 2.05) is 0 Å². The highest BCUT2D eigenvalue weighted by atomic mass is 15.2. The van der Waals surface area contributed by atoms with Crippen LogP contribution in [-0.4, -0.2) is 4.57 Å². The van der Waals surface area contributed by atoms with Crippen molar-refractivity contribution in [1.82, 2.24) is 4.57 Å². The molecule has 0 atom stereocenters. The number of hydrogen-bond donors (Lipinski definition) is 0. The molecule has 4 rings (SSSR count). The zero-order chi connectivity index (χ0) is 14.2. The van der Waals surface area contributed by atoms with Crippen molar-refractivity contribution < 1.29 is 4.57 Å². The molecule has 1 aliphatic rings. The Morgan fingerprint density at radius 2 is 1.71 bits per heavy atom. The summed E-state index contributed by atoms with van der Waals surface area (Å²) in [6.45, 7) is 3.27. The molecule has 1 aromatic heterocycles. The Labute approximate surface area is 125 Å². The monoisotopic (exact) mass is 275 g/mol. The number of imidazole rings is 1. The van der Waals surface area contributed by atoms with Crippen LogP contribution in [0.3, 0.4) is 0 Å². The SMILES string of the molecule is Cc1ccc(-n2c(-c3ccccc3)c[n+]3c2CCC3)cc1. The Balaban J connectivity index is 1.94. The van der Waals surface area contributed by atoms with Crippen molar-refractivity contribution in [3.05, 3.63) is 72.2 Å². The van der Waals surface area contributed by atoms with Crippen LogP contribution in [0.25, 0.3) is 16.9 Å². The van der Waals surface area contributed by atoms with Crippen molar-refractivity contribution in [2.45, 2.75) is 26.3 Å². The molecule has 2 heterocycles. The van der Waals surface area contributed by atoms with Crippen molar-refractivity contribution in [1.29, 1.82) is 0 Å². The van der Waals surface area contributed by atoms with Crippen molar-refractivity contribution in [3.8, 4) is 16.9 Å². The van der Waals surface area contributed by atoms with E-state index < -0.39 is 0 Å². The van der Waals surface area contributed by atoms with Crippen LogP contribution in [0.15, 0.2) is 60.8 Å². The highest BCUT2D eigenvalue weighted by molar-refractivity contribution is 5.61. The third-order valence-corrected chi connectivity index (χ3v) is 4.27. The predicted molar refractivity (Wildman–Crippen MR) is 84.5 cm³/mol. The van der Waals surface area contributed by atoms with Crippen LogP contribution < -0.4 is 4.57 Å². The number of aromatic nitrogens is 2. The molecule has 0 saturated heterocycles. The first-order valence-electron chi connectivity index (χ1n) is 7.59. The van der Waals surface area contributed by atoms with Gasteiger partial charge in [-0.25, -0.2) is 4.57 Å². The van der Waals surface area contributed by atoms with Gasteiger partial charge in [-0.3, -0.25) is 0 Å². The third kappa shape index (κ3) is 2.07. The minimum Gasteiger partial charge on any atom is -0.233 e. The molecule has 0 fully saturated rings. The lowest BCUT2D eigenvalue weighted by Crippen LogP contribution is -2.30. The summed E-state index contributed by atoms with van der Waals surface area (Å²) < 4.78 is 4.82. The van der Waals surface area contributed by atoms with Crippen LogP contribution in [-0.2, 0) is 13.0 Å². The van der Waals surface area contributed by atoms with Gasteiger partial charge in [0, 0.05) is 5.56 Å². The molecule has 0 radical (unpaired) electrons. The van der Waals surface area contributed by atoms with E-state index in [4.69, 9.17) is 0 Å². The van der Waals surface area contributed by atoms with Gasteiger partial charge in [0.15, 0.2) is 5.69 Å². The minimum atomic E-state index is 1.13. The van der Waals surface area contributed by atoms with Gasteiger partial charge in [-0.1, -0.05) is 48.0 Å². The molecule has 2 aromatic carbocycles. The van der Waals surface area contributed by atoms with Crippen LogP contribution in [0.4, 0.5) is 0 Å². The Hall–Kier alpha value is -2.35. The molecule has 0 amide bonds. The van der Waals surface area contributed by atoms with Gasteiger partial charge < -0.3 is 0 Å². The Morgan fingerprint density at radius 3 is 2.48 bits per heavy atom. The number of hydrogen-bond acceptors (Lipinski definition) is 0. The van der Waals surface area contributed by atoms with Crippen molar-refractivity contribution in [2.75, 3.05) is 0 Å². The fourth-order valence-corrected chi connectivity index (χ4v) is 3.20. The number of benzene rings is 2. The summed E-state index contributed by atoms with van der Waals surface area (Å²) in [6, 6.07) is 19.5. The topological polar surface area (TPSA) is 8.81 Å². The van der Waals surface area contributed by atoms with Gasteiger partial charge in [0.25, 0.3) is 5.82 Å². The molecular formula is C19H19N2+. The standard InChI is InChI=1S/C19H19N2/c1-15-9-11-17(12-10-15)21-18(16-6-3-2-4-7-16)14-20-13-5-8-19(20)21/h2-4,6-7,9-12,14H,5,8,13H2,1H3/q+1. The summed E-state index contributed by atoms with van der Waals surface area (Å²) in [4.78, 5) is 0. The number of fused-ring (bicyclic) bond motifs is 1. The largest absolute Gasteiger partial charge is 0.262 e. The Morgan fingerprint density at radius 1 is 0.952 bits per heavy atom. The van der Waals surface area contributed by atoms with Crippen LogP contribution in [0, 0.1) is 6.92 Å². The van der Waals surface area contributed by atoms with Crippen molar-refractivity contribution in [3.63, 3.8) is 0 Å². The molecule has 2 heteroatoms. The second-order valence-corrected chi connectivity index (χ2v) is 5.76. The van der Waals surface area contributed by atoms with Gasteiger partial charge >= 0.3 is 0 Å². The van der Waals surface area contributed by atoms with Crippen LogP contribution in [0.2, 0.25) is 0 Å². The molecule has 0 saturated carbocycles. The van der Waals surface area contributed by atoms with Crippen molar-refractivity contribution in [2.24, 2.45) is 0 Å². The van der Waals surface area contributed by atoms with E-state index in [-0.39, 0.29) is 0 Å². The zero-order valence-electron chi connectivity index (χ0n) is 12.3. The molecule has 0 N–H and O–H groups in total. The molecule has 0 bridgehead atoms. The number of rotatable bonds is 2. The molecule has 3 aromatic rings. The Kier molecular flexibility index (Phi) is 2.88. The molecule has 104 valence electrons. The normalized spacial score (nSPS) is 13.4. The van der Waals surface area contributed by atoms with Gasteiger partial charge in [-0.2, -0.15) is 4.57 Å². The summed E-state index contributed by atoms with van der Waals surface area (Å²) in [6.07, 6.45) is 4.70. The highest BCUT2D eigenvalue weighted by Crippen LogP contribution is 2.26. The van der Waals surface area contributed by atoms with Gasteiger partial charge in [0.2, 0.25) is 0 Å². The molecule has 0 aliphatic carbocycles. The average Bonchev–Trinajstić information content (AvgIpc) is 3.10. The first kappa shape index (κ1) is 12.4. The van der Waals surface area contributed by atoms with Crippen molar-refractivity contribution >= 4 is 0 Å². The van der Waals surface area contributed by atoms with Gasteiger partial charge in [0.1, 0.15) is 11.9 Å². The van der Waals surface area contributed by atoms with E-state index in [1.54, 1.807) is 0 Å². The fourth-order valence-electron chi connectivity index (χ4n) is 3.20. The lowest BCUT2D eigenvalue weighted by molar-refractivity contribution is -0.689. The van der Waals surface area contributed by atoms with Gasteiger partial charge in [0.05, 0.1) is 13.0 Å². The van der Waals surface area contributed by atoms with E-state index in [2.05, 4.69) is 76.9 Å². The maximum atomic E-state index is 2.42. The maximum Gasteiger partial charge on any atom is 0.262 e. The molecule has 2 nitrogen and oxygen atoms in total. The molecule has 21 heavy (non-hydrogen) atoms. The van der Waals surface area contributed by atoms with Crippen LogP contribution in [0.5, 0.6) is 0 Å². The summed E-state index contributed by atoms with van der Waals surface area (Å²) in [5, 5.41) is 0. The third-order valence-electron chi connectivity index (χ3n) is 4.27. The first-order chi connectivity index (χ1) is 10.3. The van der Waals surface area contributed by atoms with Crippen LogP contribution >= 0.6 is 0 Å². The summed E-state index contributed by atoms with van der Waals surface area (Å²) in [5.74, 6) is 1.41. The number of aryl methyl sites for hydroxylation is 2. The zero-order valence-corrected chi connectivity index (χ0v) is 12.3. The molecule has 0 spiro atoms. The Bertz CT molecular complexity index is 767. The number of nitrogens with zero attached hydrogens (tertiary/aromatic N) is 2. The first-order valence-corrected chi connectivity index (χ1v) is 7.59. The molecule has 0 unspecified atom stereocenters. The lowest BCUT2D eigenvalue weighted by Gasteiger charge is -2.04. The van der Waals surface area contributed by atoms with Crippen LogP contribution in [0.1, 0.15) is 17.8 Å². The minimum absolute atomic E-state index is 1.13. The maximum absolute atomic E-state index is 2.42. The fraction of sp³-hybridized carbons (Fsp3) is 0.211. The predicted octanol–water partition coefficient (Wildman–Crippen LogP) is 3.69. The second kappa shape index (κ2) is 4.88. The van der Waals surface area contributed by atoms with E-state index in [1.165, 1.54) is 34.8 Å². The summed E-state index contributed by atoms with van der Waals surface area (Å²) >= 11 is 0. The van der Waals surface area contributed by atoms with Gasteiger partial charge in [-0.05, 0) is 25.5 Å². The van der Waals surface area contributed by atoms with E-state index in [9.17, 15) is 0 Å². The average molecular weight is 275 g/mol. The van der Waals surface area contributed by atoms with Gasteiger partial charge in [-0.15, -0.1) is 0 Å². The quantitative estimate of drug-likeness (QED) is 0.631. The van der Waals surface area contributed by atoms with E-state index >= 15 is 0 Å². The smallest absolute Gasteiger partial charge is 0.233 e.